The third kappa shape index (κ3) is 4.07. The van der Waals surface area contributed by atoms with Gasteiger partial charge >= 0.3 is 0 Å². The summed E-state index contributed by atoms with van der Waals surface area (Å²) >= 11 is 0. The van der Waals surface area contributed by atoms with Gasteiger partial charge in [0.15, 0.2) is 11.7 Å². The Morgan fingerprint density at radius 2 is 1.77 bits per heavy atom. The van der Waals surface area contributed by atoms with Gasteiger partial charge in [0.05, 0.1) is 6.26 Å². The van der Waals surface area contributed by atoms with Crippen molar-refractivity contribution < 1.29 is 9.21 Å². The van der Waals surface area contributed by atoms with E-state index in [0.717, 1.165) is 32.0 Å². The molecule has 1 aliphatic rings. The Bertz CT molecular complexity index is 747. The first kappa shape index (κ1) is 18.0. The monoisotopic (exact) mass is 354 g/mol. The molecule has 3 rings (SSSR count). The highest BCUT2D eigenvalue weighted by Crippen LogP contribution is 2.11. The average Bonchev–Trinajstić information content (AvgIpc) is 3.23. The first-order chi connectivity index (χ1) is 12.7. The second-order valence-corrected chi connectivity index (χ2v) is 6.28. The van der Waals surface area contributed by atoms with Crippen LogP contribution in [0.15, 0.2) is 52.1 Å². The minimum Gasteiger partial charge on any atom is -0.459 e. The molecule has 1 N–H and O–H groups in total. The first-order valence-electron chi connectivity index (χ1n) is 9.08. The van der Waals surface area contributed by atoms with Gasteiger partial charge in [0.1, 0.15) is 0 Å². The Labute approximate surface area is 154 Å². The zero-order valence-corrected chi connectivity index (χ0v) is 15.4. The molecule has 0 saturated carbocycles. The van der Waals surface area contributed by atoms with Gasteiger partial charge in [0.2, 0.25) is 0 Å². The van der Waals surface area contributed by atoms with Crippen molar-refractivity contribution in [3.63, 3.8) is 0 Å². The zero-order valence-electron chi connectivity index (χ0n) is 15.4. The Morgan fingerprint density at radius 1 is 1.08 bits per heavy atom. The van der Waals surface area contributed by atoms with E-state index >= 15 is 0 Å². The summed E-state index contributed by atoms with van der Waals surface area (Å²) in [5.74, 6) is 1.23. The number of piperazine rings is 1. The summed E-state index contributed by atoms with van der Waals surface area (Å²) < 4.78 is 5.21. The van der Waals surface area contributed by atoms with Crippen LogP contribution in [-0.2, 0) is 13.0 Å². The van der Waals surface area contributed by atoms with Crippen molar-refractivity contribution in [3.05, 3.63) is 59.5 Å². The maximum Gasteiger partial charge on any atom is 0.289 e. The van der Waals surface area contributed by atoms with E-state index in [1.165, 1.54) is 17.4 Å². The molecule has 1 aromatic heterocycles. The predicted molar refractivity (Wildman–Crippen MR) is 102 cm³/mol. The minimum absolute atomic E-state index is 0.0468. The number of hydrogen-bond donors (Lipinski definition) is 1. The third-order valence-electron chi connectivity index (χ3n) is 4.75. The molecule has 0 spiro atoms. The van der Waals surface area contributed by atoms with E-state index < -0.39 is 0 Å². The molecule has 0 bridgehead atoms. The highest BCUT2D eigenvalue weighted by Gasteiger charge is 2.25. The number of rotatable bonds is 4. The Morgan fingerprint density at radius 3 is 2.38 bits per heavy atom. The molecule has 6 nitrogen and oxygen atoms in total. The van der Waals surface area contributed by atoms with Crippen LogP contribution in [0.2, 0.25) is 0 Å². The Balaban J connectivity index is 1.55. The van der Waals surface area contributed by atoms with Crippen LogP contribution in [0.1, 0.15) is 28.6 Å². The standard InChI is InChI=1S/C20H26N4O2/c1-3-16-7-4-5-8-17(16)15-22-20(21-2)24-12-10-23(11-13-24)19(25)18-9-6-14-26-18/h4-9,14H,3,10-13,15H2,1-2H3,(H,21,22). The SMILES string of the molecule is CCc1ccccc1CNC(=NC)N1CCN(C(=O)c2ccco2)CC1. The molecule has 6 heteroatoms. The topological polar surface area (TPSA) is 61.1 Å². The van der Waals surface area contributed by atoms with Crippen LogP contribution in [0.4, 0.5) is 0 Å². The number of benzene rings is 1. The van der Waals surface area contributed by atoms with Crippen molar-refractivity contribution in [2.24, 2.45) is 4.99 Å². The van der Waals surface area contributed by atoms with Crippen LogP contribution in [0.5, 0.6) is 0 Å². The Hall–Kier alpha value is -2.76. The summed E-state index contributed by atoms with van der Waals surface area (Å²) in [6, 6.07) is 11.9. The number of aryl methyl sites for hydroxylation is 1. The van der Waals surface area contributed by atoms with E-state index in [2.05, 4.69) is 46.4 Å². The van der Waals surface area contributed by atoms with Gasteiger partial charge in [0.25, 0.3) is 5.91 Å². The third-order valence-corrected chi connectivity index (χ3v) is 4.75. The zero-order chi connectivity index (χ0) is 18.4. The van der Waals surface area contributed by atoms with Gasteiger partial charge in [-0.1, -0.05) is 31.2 Å². The molecule has 2 heterocycles. The summed E-state index contributed by atoms with van der Waals surface area (Å²) in [4.78, 5) is 20.8. The molecular formula is C20H26N4O2. The average molecular weight is 354 g/mol. The van der Waals surface area contributed by atoms with Crippen LogP contribution < -0.4 is 5.32 Å². The van der Waals surface area contributed by atoms with Gasteiger partial charge in [-0.15, -0.1) is 0 Å². The number of carbonyl (C=O) groups is 1. The van der Waals surface area contributed by atoms with E-state index in [9.17, 15) is 4.79 Å². The molecule has 0 radical (unpaired) electrons. The highest BCUT2D eigenvalue weighted by atomic mass is 16.3. The minimum atomic E-state index is -0.0468. The summed E-state index contributed by atoms with van der Waals surface area (Å²) in [5, 5.41) is 3.46. The smallest absolute Gasteiger partial charge is 0.289 e. The first-order valence-corrected chi connectivity index (χ1v) is 9.08. The molecule has 26 heavy (non-hydrogen) atoms. The van der Waals surface area contributed by atoms with Gasteiger partial charge in [-0.3, -0.25) is 9.79 Å². The Kier molecular flexibility index (Phi) is 5.94. The second-order valence-electron chi connectivity index (χ2n) is 6.28. The van der Waals surface area contributed by atoms with Gasteiger partial charge in [-0.2, -0.15) is 0 Å². The predicted octanol–water partition coefficient (Wildman–Crippen LogP) is 2.38. The number of guanidine groups is 1. The van der Waals surface area contributed by atoms with Crippen LogP contribution in [-0.4, -0.2) is 54.9 Å². The van der Waals surface area contributed by atoms with Crippen LogP contribution in [0, 0.1) is 0 Å². The maximum absolute atomic E-state index is 12.4. The number of carbonyl (C=O) groups excluding carboxylic acids is 1. The molecule has 1 aliphatic heterocycles. The van der Waals surface area contributed by atoms with Gasteiger partial charge in [-0.05, 0) is 29.7 Å². The lowest BCUT2D eigenvalue weighted by atomic mass is 10.1. The van der Waals surface area contributed by atoms with Crippen LogP contribution in [0.25, 0.3) is 0 Å². The normalized spacial score (nSPS) is 15.2. The molecule has 1 aromatic carbocycles. The van der Waals surface area contributed by atoms with Crippen molar-refractivity contribution in [1.29, 1.82) is 0 Å². The molecule has 2 aromatic rings. The van der Waals surface area contributed by atoms with Gasteiger partial charge in [0, 0.05) is 39.8 Å². The van der Waals surface area contributed by atoms with Crippen molar-refractivity contribution >= 4 is 11.9 Å². The lowest BCUT2D eigenvalue weighted by Gasteiger charge is -2.36. The molecule has 0 aliphatic carbocycles. The molecule has 0 atom stereocenters. The highest BCUT2D eigenvalue weighted by molar-refractivity contribution is 5.91. The second kappa shape index (κ2) is 8.56. The lowest BCUT2D eigenvalue weighted by Crippen LogP contribution is -2.53. The van der Waals surface area contributed by atoms with Crippen LogP contribution in [0.3, 0.4) is 0 Å². The summed E-state index contributed by atoms with van der Waals surface area (Å²) in [7, 11) is 1.80. The fourth-order valence-corrected chi connectivity index (χ4v) is 3.26. The molecule has 0 unspecified atom stereocenters. The van der Waals surface area contributed by atoms with Crippen LogP contribution >= 0.6 is 0 Å². The quantitative estimate of drug-likeness (QED) is 0.676. The lowest BCUT2D eigenvalue weighted by molar-refractivity contribution is 0.0657. The van der Waals surface area contributed by atoms with Crippen molar-refractivity contribution in [2.45, 2.75) is 19.9 Å². The molecule has 1 saturated heterocycles. The van der Waals surface area contributed by atoms with E-state index in [1.807, 2.05) is 4.90 Å². The summed E-state index contributed by atoms with van der Waals surface area (Å²) in [5.41, 5.74) is 2.65. The van der Waals surface area contributed by atoms with Gasteiger partial charge in [-0.25, -0.2) is 0 Å². The summed E-state index contributed by atoms with van der Waals surface area (Å²) in [6.07, 6.45) is 2.55. The van der Waals surface area contributed by atoms with E-state index in [-0.39, 0.29) is 5.91 Å². The fourth-order valence-electron chi connectivity index (χ4n) is 3.26. The number of hydrogen-bond acceptors (Lipinski definition) is 3. The number of amides is 1. The number of furan rings is 1. The fraction of sp³-hybridized carbons (Fsp3) is 0.400. The number of nitrogens with one attached hydrogen (secondary N) is 1. The summed E-state index contributed by atoms with van der Waals surface area (Å²) in [6.45, 7) is 5.74. The molecular weight excluding hydrogens is 328 g/mol. The molecule has 138 valence electrons. The van der Waals surface area contributed by atoms with E-state index in [0.29, 0.717) is 18.8 Å². The molecule has 1 amide bonds. The number of aliphatic imine (C=N–C) groups is 1. The van der Waals surface area contributed by atoms with Crippen molar-refractivity contribution in [2.75, 3.05) is 33.2 Å². The van der Waals surface area contributed by atoms with E-state index in [1.54, 1.807) is 19.2 Å². The number of nitrogens with zero attached hydrogens (tertiary/aromatic N) is 3. The molecule has 1 fully saturated rings. The van der Waals surface area contributed by atoms with E-state index in [4.69, 9.17) is 4.42 Å². The largest absolute Gasteiger partial charge is 0.459 e. The van der Waals surface area contributed by atoms with Gasteiger partial charge < -0.3 is 19.5 Å². The van der Waals surface area contributed by atoms with Crippen molar-refractivity contribution in [3.8, 4) is 0 Å². The van der Waals surface area contributed by atoms with Crippen molar-refractivity contribution in [1.82, 2.24) is 15.1 Å². The maximum atomic E-state index is 12.4.